The van der Waals surface area contributed by atoms with Gasteiger partial charge in [-0.05, 0) is 72.5 Å². The number of benzene rings is 3. The van der Waals surface area contributed by atoms with Gasteiger partial charge in [-0.15, -0.1) is 0 Å². The van der Waals surface area contributed by atoms with Gasteiger partial charge in [-0.3, -0.25) is 9.59 Å². The van der Waals surface area contributed by atoms with E-state index in [2.05, 4.69) is 36.5 Å². The van der Waals surface area contributed by atoms with Gasteiger partial charge in [0.25, 0.3) is 5.91 Å². The number of aryl methyl sites for hydroxylation is 1. The highest BCUT2D eigenvalue weighted by Gasteiger charge is 2.35. The molecule has 5 nitrogen and oxygen atoms in total. The second-order valence-electron chi connectivity index (χ2n) is 8.66. The molecule has 1 fully saturated rings. The van der Waals surface area contributed by atoms with Crippen molar-refractivity contribution in [2.24, 2.45) is 5.92 Å². The van der Waals surface area contributed by atoms with Crippen LogP contribution in [-0.2, 0) is 11.2 Å². The summed E-state index contributed by atoms with van der Waals surface area (Å²) < 4.78 is 18.6. The molecule has 1 saturated heterocycles. The van der Waals surface area contributed by atoms with Crippen molar-refractivity contribution in [3.8, 4) is 5.75 Å². The summed E-state index contributed by atoms with van der Waals surface area (Å²) in [6.45, 7) is 2.92. The zero-order chi connectivity index (χ0) is 24.1. The summed E-state index contributed by atoms with van der Waals surface area (Å²) in [5.41, 5.74) is 3.44. The number of carbonyl (C=O) groups excluding carboxylic acids is 2. The van der Waals surface area contributed by atoms with Gasteiger partial charge < -0.3 is 15.0 Å². The topological polar surface area (TPSA) is 58.6 Å². The van der Waals surface area contributed by atoms with E-state index in [0.717, 1.165) is 12.0 Å². The molecule has 0 aromatic heterocycles. The molecule has 2 atom stereocenters. The molecule has 0 radical (unpaired) electrons. The molecule has 176 valence electrons. The predicted molar refractivity (Wildman–Crippen MR) is 131 cm³/mol. The third-order valence-electron chi connectivity index (χ3n) is 6.42. The Morgan fingerprint density at radius 3 is 2.26 bits per heavy atom. The molecular weight excluding hydrogens is 431 g/mol. The number of amides is 2. The Morgan fingerprint density at radius 1 is 0.971 bits per heavy atom. The van der Waals surface area contributed by atoms with Crippen molar-refractivity contribution in [2.45, 2.75) is 25.7 Å². The number of nitrogens with one attached hydrogen (secondary N) is 1. The summed E-state index contributed by atoms with van der Waals surface area (Å²) in [7, 11) is 1.59. The summed E-state index contributed by atoms with van der Waals surface area (Å²) in [5, 5.41) is 2.98. The SMILES string of the molecule is CCc1ccc(C2CC(C(=O)Nc3ccc(OC)cc3)CN(C(=O)c3ccc(F)cc3)C2)cc1. The molecule has 34 heavy (non-hydrogen) atoms. The number of hydrogen-bond donors (Lipinski definition) is 1. The van der Waals surface area contributed by atoms with Crippen LogP contribution < -0.4 is 10.1 Å². The minimum absolute atomic E-state index is 0.0238. The number of hydrogen-bond acceptors (Lipinski definition) is 3. The van der Waals surface area contributed by atoms with Crippen molar-refractivity contribution in [1.29, 1.82) is 0 Å². The van der Waals surface area contributed by atoms with Crippen molar-refractivity contribution in [2.75, 3.05) is 25.5 Å². The first kappa shape index (κ1) is 23.5. The van der Waals surface area contributed by atoms with Crippen LogP contribution in [0.5, 0.6) is 5.75 Å². The van der Waals surface area contributed by atoms with E-state index in [1.165, 1.54) is 29.8 Å². The third-order valence-corrected chi connectivity index (χ3v) is 6.42. The second-order valence-corrected chi connectivity index (χ2v) is 8.66. The van der Waals surface area contributed by atoms with E-state index in [1.807, 2.05) is 0 Å². The maximum Gasteiger partial charge on any atom is 0.253 e. The summed E-state index contributed by atoms with van der Waals surface area (Å²) in [4.78, 5) is 28.2. The molecule has 2 amide bonds. The lowest BCUT2D eigenvalue weighted by Gasteiger charge is -2.37. The zero-order valence-corrected chi connectivity index (χ0v) is 19.5. The number of methoxy groups -OCH3 is 1. The summed E-state index contributed by atoms with van der Waals surface area (Å²) in [6.07, 6.45) is 1.59. The lowest BCUT2D eigenvalue weighted by atomic mass is 9.83. The van der Waals surface area contributed by atoms with Crippen LogP contribution in [0, 0.1) is 11.7 Å². The Kier molecular flexibility index (Phi) is 7.26. The van der Waals surface area contributed by atoms with Crippen LogP contribution >= 0.6 is 0 Å². The number of likely N-dealkylation sites (tertiary alicyclic amines) is 1. The van der Waals surface area contributed by atoms with Crippen LogP contribution in [0.15, 0.2) is 72.8 Å². The maximum atomic E-state index is 13.4. The molecule has 0 spiro atoms. The number of ether oxygens (including phenoxy) is 1. The van der Waals surface area contributed by atoms with E-state index in [9.17, 15) is 14.0 Å². The molecule has 3 aromatic carbocycles. The zero-order valence-electron chi connectivity index (χ0n) is 19.5. The lowest BCUT2D eigenvalue weighted by Crippen LogP contribution is -2.46. The molecule has 1 aliphatic rings. The summed E-state index contributed by atoms with van der Waals surface area (Å²) >= 11 is 0. The molecule has 0 saturated carbocycles. The van der Waals surface area contributed by atoms with E-state index >= 15 is 0 Å². The highest BCUT2D eigenvalue weighted by Crippen LogP contribution is 2.32. The van der Waals surface area contributed by atoms with Crippen LogP contribution in [0.25, 0.3) is 0 Å². The fourth-order valence-corrected chi connectivity index (χ4v) is 4.42. The second kappa shape index (κ2) is 10.5. The van der Waals surface area contributed by atoms with Crippen LogP contribution in [0.1, 0.15) is 40.7 Å². The van der Waals surface area contributed by atoms with Crippen LogP contribution in [-0.4, -0.2) is 36.9 Å². The summed E-state index contributed by atoms with van der Waals surface area (Å²) in [6, 6.07) is 21.1. The first-order valence-corrected chi connectivity index (χ1v) is 11.6. The van der Waals surface area contributed by atoms with E-state index in [-0.39, 0.29) is 29.5 Å². The highest BCUT2D eigenvalue weighted by molar-refractivity contribution is 5.96. The fraction of sp³-hybridized carbons (Fsp3) is 0.286. The quantitative estimate of drug-likeness (QED) is 0.544. The molecule has 1 heterocycles. The smallest absolute Gasteiger partial charge is 0.253 e. The van der Waals surface area contributed by atoms with Gasteiger partial charge in [-0.25, -0.2) is 4.39 Å². The van der Waals surface area contributed by atoms with Gasteiger partial charge in [-0.1, -0.05) is 31.2 Å². The Labute approximate surface area is 199 Å². The van der Waals surface area contributed by atoms with Crippen molar-refractivity contribution in [1.82, 2.24) is 4.90 Å². The minimum Gasteiger partial charge on any atom is -0.497 e. The maximum absolute atomic E-state index is 13.4. The minimum atomic E-state index is -0.388. The van der Waals surface area contributed by atoms with E-state index in [4.69, 9.17) is 4.74 Å². The number of nitrogens with zero attached hydrogens (tertiary/aromatic N) is 1. The normalized spacial score (nSPS) is 17.8. The molecule has 0 bridgehead atoms. The highest BCUT2D eigenvalue weighted by atomic mass is 19.1. The van der Waals surface area contributed by atoms with Crippen molar-refractivity contribution >= 4 is 17.5 Å². The number of rotatable bonds is 6. The third kappa shape index (κ3) is 5.45. The van der Waals surface area contributed by atoms with Crippen LogP contribution in [0.4, 0.5) is 10.1 Å². The lowest BCUT2D eigenvalue weighted by molar-refractivity contribution is -0.121. The molecule has 1 aliphatic heterocycles. The fourth-order valence-electron chi connectivity index (χ4n) is 4.42. The van der Waals surface area contributed by atoms with Gasteiger partial charge in [-0.2, -0.15) is 0 Å². The first-order valence-electron chi connectivity index (χ1n) is 11.6. The monoisotopic (exact) mass is 460 g/mol. The number of anilines is 1. The Balaban J connectivity index is 1.56. The standard InChI is InChI=1S/C28H29FN2O3/c1-3-19-4-6-20(7-5-19)22-16-23(27(32)30-25-12-14-26(34-2)15-13-25)18-31(17-22)28(33)21-8-10-24(29)11-9-21/h4-15,22-23H,3,16-18H2,1-2H3,(H,30,32). The molecule has 0 aliphatic carbocycles. The summed E-state index contributed by atoms with van der Waals surface area (Å²) in [5.74, 6) is -0.357. The van der Waals surface area contributed by atoms with E-state index < -0.39 is 0 Å². The average Bonchev–Trinajstić information content (AvgIpc) is 2.89. The van der Waals surface area contributed by atoms with Crippen molar-refractivity contribution < 1.29 is 18.7 Å². The van der Waals surface area contributed by atoms with E-state index in [0.29, 0.717) is 36.5 Å². The molecule has 2 unspecified atom stereocenters. The first-order chi connectivity index (χ1) is 16.5. The largest absolute Gasteiger partial charge is 0.497 e. The van der Waals surface area contributed by atoms with Gasteiger partial charge in [0.15, 0.2) is 0 Å². The number of piperidine rings is 1. The van der Waals surface area contributed by atoms with Crippen LogP contribution in [0.2, 0.25) is 0 Å². The van der Waals surface area contributed by atoms with Gasteiger partial charge in [0.05, 0.1) is 13.0 Å². The van der Waals surface area contributed by atoms with Crippen LogP contribution in [0.3, 0.4) is 0 Å². The molecule has 3 aromatic rings. The van der Waals surface area contributed by atoms with E-state index in [1.54, 1.807) is 36.3 Å². The number of halogens is 1. The Hall–Kier alpha value is -3.67. The van der Waals surface area contributed by atoms with Gasteiger partial charge in [0.1, 0.15) is 11.6 Å². The molecule has 4 rings (SSSR count). The van der Waals surface area contributed by atoms with Gasteiger partial charge in [0.2, 0.25) is 5.91 Å². The van der Waals surface area contributed by atoms with Crippen molar-refractivity contribution in [3.63, 3.8) is 0 Å². The molecular formula is C28H29FN2O3. The van der Waals surface area contributed by atoms with Crippen molar-refractivity contribution in [3.05, 3.63) is 95.3 Å². The predicted octanol–water partition coefficient (Wildman–Crippen LogP) is 5.28. The van der Waals surface area contributed by atoms with Gasteiger partial charge in [0, 0.05) is 30.3 Å². The molecule has 1 N–H and O–H groups in total. The number of carbonyl (C=O) groups is 2. The van der Waals surface area contributed by atoms with Gasteiger partial charge >= 0.3 is 0 Å². The average molecular weight is 461 g/mol. The Bertz CT molecular complexity index is 1130. The Morgan fingerprint density at radius 2 is 1.65 bits per heavy atom. The molecule has 6 heteroatoms.